The number of aromatic nitrogens is 2. The van der Waals surface area contributed by atoms with Crippen LogP contribution in [0.3, 0.4) is 0 Å². The van der Waals surface area contributed by atoms with Gasteiger partial charge in [0.05, 0.1) is 52.6 Å². The first-order valence-corrected chi connectivity index (χ1v) is 22.6. The number of ether oxygens (including phenoxy) is 2. The molecule has 4 N–H and O–H groups in total. The molecule has 2 aliphatic heterocycles. The van der Waals surface area contributed by atoms with Crippen molar-refractivity contribution in [3.05, 3.63) is 106 Å². The van der Waals surface area contributed by atoms with Gasteiger partial charge in [0.25, 0.3) is 11.8 Å². The minimum Gasteiger partial charge on any atom is -0.489 e. The number of anilines is 3. The number of hydrogen-bond donors (Lipinski definition) is 4. The highest BCUT2D eigenvalue weighted by atomic mass is 35.5. The third-order valence-electron chi connectivity index (χ3n) is 10.7. The summed E-state index contributed by atoms with van der Waals surface area (Å²) in [6, 6.07) is 23.1. The van der Waals surface area contributed by atoms with Crippen LogP contribution >= 0.6 is 23.2 Å². The summed E-state index contributed by atoms with van der Waals surface area (Å²) in [6.07, 6.45) is 1.13. The first kappa shape index (κ1) is 44.7. The Balaban J connectivity index is 0.995. The van der Waals surface area contributed by atoms with Crippen molar-refractivity contribution in [2.24, 2.45) is 0 Å². The Morgan fingerprint density at radius 2 is 1.60 bits per heavy atom. The lowest BCUT2D eigenvalue weighted by Crippen LogP contribution is -2.54. The number of imide groups is 2. The molecule has 0 bridgehead atoms. The fourth-order valence-electron chi connectivity index (χ4n) is 7.42. The smallest absolute Gasteiger partial charge is 0.262 e. The zero-order valence-electron chi connectivity index (χ0n) is 34.4. The van der Waals surface area contributed by atoms with E-state index in [1.54, 1.807) is 30.3 Å². The van der Waals surface area contributed by atoms with E-state index < -0.39 is 45.1 Å². The largest absolute Gasteiger partial charge is 0.489 e. The topological polar surface area (TPSA) is 222 Å². The number of carbonyl (C=O) groups excluding carboxylic acids is 4. The van der Waals surface area contributed by atoms with Crippen molar-refractivity contribution >= 4 is 85.2 Å². The molecule has 63 heavy (non-hydrogen) atoms. The van der Waals surface area contributed by atoms with E-state index in [9.17, 15) is 32.9 Å². The van der Waals surface area contributed by atoms with Gasteiger partial charge in [-0.1, -0.05) is 55.8 Å². The molecule has 1 aromatic heterocycles. The van der Waals surface area contributed by atoms with Gasteiger partial charge >= 0.3 is 0 Å². The molecule has 0 radical (unpaired) electrons. The molecule has 19 heteroatoms. The van der Waals surface area contributed by atoms with E-state index in [1.807, 2.05) is 50.2 Å². The summed E-state index contributed by atoms with van der Waals surface area (Å²) in [5.41, 5.74) is 4.82. The predicted octanol–water partition coefficient (Wildman–Crippen LogP) is 6.08. The van der Waals surface area contributed by atoms with Crippen LogP contribution in [0.25, 0.3) is 22.0 Å². The van der Waals surface area contributed by atoms with Crippen molar-refractivity contribution in [3.63, 3.8) is 0 Å². The lowest BCUT2D eigenvalue weighted by molar-refractivity contribution is -0.136. The van der Waals surface area contributed by atoms with Gasteiger partial charge in [0.2, 0.25) is 27.8 Å². The number of amides is 4. The van der Waals surface area contributed by atoms with Crippen molar-refractivity contribution in [3.8, 4) is 22.9 Å². The van der Waals surface area contributed by atoms with Gasteiger partial charge in [0.1, 0.15) is 24.5 Å². The highest BCUT2D eigenvalue weighted by molar-refractivity contribution is 7.92. The van der Waals surface area contributed by atoms with Gasteiger partial charge in [0.15, 0.2) is 5.75 Å². The summed E-state index contributed by atoms with van der Waals surface area (Å²) in [5, 5.41) is 19.4. The van der Waals surface area contributed by atoms with E-state index in [1.165, 1.54) is 6.07 Å². The third kappa shape index (κ3) is 9.84. The lowest BCUT2D eigenvalue weighted by atomic mass is 9.77. The molecule has 0 saturated carbocycles. The minimum absolute atomic E-state index is 0.0361. The summed E-state index contributed by atoms with van der Waals surface area (Å²) in [7, 11) is -3.68. The molecule has 2 aliphatic rings. The Bertz CT molecular complexity index is 2800. The van der Waals surface area contributed by atoms with Crippen molar-refractivity contribution in [1.82, 2.24) is 20.2 Å². The Morgan fingerprint density at radius 3 is 2.30 bits per heavy atom. The SMILES string of the molecule is CC(C)(c1ccc(-c2ccc3nc(NS(C)(=O)=O)nc(NCCOCCNc4ccc5c(c4)C(=O)N(C4CCC(=O)NC4=O)C5=O)c3c2)cc1)c1cc(Cl)c(OCCCl)c(C#N)c1. The van der Waals surface area contributed by atoms with Gasteiger partial charge in [-0.3, -0.25) is 34.1 Å². The molecule has 4 amide bonds. The highest BCUT2D eigenvalue weighted by Gasteiger charge is 2.44. The molecular weight excluding hydrogens is 872 g/mol. The molecular formula is C44H42Cl2N8O8S. The number of carbonyl (C=O) groups is 4. The van der Waals surface area contributed by atoms with E-state index in [-0.39, 0.29) is 55.6 Å². The molecule has 1 fully saturated rings. The standard InChI is InChI=1S/C44H42Cl2N8O8S/c1-44(2,29-20-27(24-47)38(34(46)22-29)62-17-14-45)28-7-4-25(5-8-28)26-6-11-35-33(21-26)39(52-43(50-35)53-63(3,59)60)49-16-19-61-18-15-48-30-9-10-31-32(23-30)42(58)54(41(31)57)36-12-13-37(55)51-40(36)56/h4-11,20-23,36,48H,12-19H2,1-3H3,(H,51,55,56)(H2,49,50,52,53). The summed E-state index contributed by atoms with van der Waals surface area (Å²) < 4.78 is 38.0. The monoisotopic (exact) mass is 912 g/mol. The quantitative estimate of drug-likeness (QED) is 0.0473. The van der Waals surface area contributed by atoms with Gasteiger partial charge in [-0.25, -0.2) is 13.4 Å². The van der Waals surface area contributed by atoms with Crippen LogP contribution in [-0.4, -0.2) is 98.0 Å². The second-order valence-corrected chi connectivity index (χ2v) is 17.9. The number of alkyl halides is 1. The number of halogens is 2. The van der Waals surface area contributed by atoms with E-state index in [0.717, 1.165) is 33.4 Å². The van der Waals surface area contributed by atoms with Gasteiger partial charge in [-0.15, -0.1) is 11.6 Å². The molecule has 1 saturated heterocycles. The molecule has 0 aliphatic carbocycles. The van der Waals surface area contributed by atoms with Crippen LogP contribution in [0.5, 0.6) is 5.75 Å². The van der Waals surface area contributed by atoms with E-state index in [2.05, 4.69) is 36.7 Å². The van der Waals surface area contributed by atoms with Crippen LogP contribution < -0.4 is 25.4 Å². The maximum atomic E-state index is 13.2. The van der Waals surface area contributed by atoms with Crippen molar-refractivity contribution in [2.75, 3.05) is 60.4 Å². The van der Waals surface area contributed by atoms with Crippen molar-refractivity contribution in [2.45, 2.75) is 38.1 Å². The van der Waals surface area contributed by atoms with Crippen LogP contribution in [0.15, 0.2) is 72.8 Å². The average molecular weight is 914 g/mol. The number of nitrogens with one attached hydrogen (secondary N) is 4. The molecule has 7 rings (SSSR count). The zero-order valence-corrected chi connectivity index (χ0v) is 36.7. The van der Waals surface area contributed by atoms with Gasteiger partial charge < -0.3 is 20.1 Å². The van der Waals surface area contributed by atoms with Crippen molar-refractivity contribution < 1.29 is 37.1 Å². The Morgan fingerprint density at radius 1 is 0.889 bits per heavy atom. The summed E-state index contributed by atoms with van der Waals surface area (Å²) in [5.74, 6) is -1.42. The molecule has 16 nitrogen and oxygen atoms in total. The van der Waals surface area contributed by atoms with Crippen LogP contribution in [0, 0.1) is 11.3 Å². The molecule has 5 aromatic rings. The normalized spacial score (nSPS) is 15.2. The number of fused-ring (bicyclic) bond motifs is 2. The second kappa shape index (κ2) is 18.6. The molecule has 3 heterocycles. The summed E-state index contributed by atoms with van der Waals surface area (Å²) in [4.78, 5) is 60.0. The fourth-order valence-corrected chi connectivity index (χ4v) is 8.19. The Labute approximate surface area is 373 Å². The van der Waals surface area contributed by atoms with E-state index >= 15 is 0 Å². The maximum Gasteiger partial charge on any atom is 0.262 e. The molecule has 4 aromatic carbocycles. The lowest BCUT2D eigenvalue weighted by Gasteiger charge is -2.27. The number of benzene rings is 4. The number of nitriles is 1. The fraction of sp³-hybridized carbons (Fsp3) is 0.295. The maximum absolute atomic E-state index is 13.2. The highest BCUT2D eigenvalue weighted by Crippen LogP contribution is 2.39. The number of rotatable bonds is 17. The number of nitrogens with zero attached hydrogens (tertiary/aromatic N) is 4. The third-order valence-corrected chi connectivity index (χ3v) is 11.7. The van der Waals surface area contributed by atoms with E-state index in [4.69, 9.17) is 32.7 Å². The average Bonchev–Trinajstić information content (AvgIpc) is 3.49. The second-order valence-electron chi connectivity index (χ2n) is 15.4. The zero-order chi connectivity index (χ0) is 45.1. The Kier molecular flexibility index (Phi) is 13.2. The summed E-state index contributed by atoms with van der Waals surface area (Å²) >= 11 is 12.4. The summed E-state index contributed by atoms with van der Waals surface area (Å²) in [6.45, 7) is 5.51. The van der Waals surface area contributed by atoms with Crippen LogP contribution in [0.2, 0.25) is 5.02 Å². The van der Waals surface area contributed by atoms with Gasteiger partial charge in [-0.05, 0) is 71.1 Å². The number of hydrogen-bond acceptors (Lipinski definition) is 13. The molecule has 326 valence electrons. The van der Waals surface area contributed by atoms with E-state index in [0.29, 0.717) is 51.8 Å². The predicted molar refractivity (Wildman–Crippen MR) is 239 cm³/mol. The molecule has 1 unspecified atom stereocenters. The van der Waals surface area contributed by atoms with Gasteiger partial charge in [0, 0.05) is 36.0 Å². The van der Waals surface area contributed by atoms with Crippen LogP contribution in [-0.2, 0) is 29.8 Å². The molecule has 1 atom stereocenters. The van der Waals surface area contributed by atoms with Gasteiger partial charge in [-0.2, -0.15) is 10.2 Å². The van der Waals surface area contributed by atoms with Crippen molar-refractivity contribution in [1.29, 1.82) is 5.26 Å². The first-order valence-electron chi connectivity index (χ1n) is 19.8. The molecule has 0 spiro atoms. The Hall–Kier alpha value is -6.32. The van der Waals surface area contributed by atoms with Crippen LogP contribution in [0.1, 0.15) is 64.1 Å². The van der Waals surface area contributed by atoms with Crippen LogP contribution in [0.4, 0.5) is 17.5 Å². The number of piperidine rings is 1. The minimum atomic E-state index is -3.68. The first-order chi connectivity index (χ1) is 30.1. The number of sulfonamides is 1.